The highest BCUT2D eigenvalue weighted by atomic mass is 35.5. The Balaban J connectivity index is 3.09. The van der Waals surface area contributed by atoms with Crippen molar-refractivity contribution < 1.29 is 14.6 Å². The molecule has 1 N–H and O–H groups in total. The summed E-state index contributed by atoms with van der Waals surface area (Å²) in [7, 11) is 1.22. The minimum absolute atomic E-state index is 0.414. The number of carbonyl (C=O) groups is 1. The van der Waals surface area contributed by atoms with E-state index in [0.29, 0.717) is 10.6 Å². The van der Waals surface area contributed by atoms with Gasteiger partial charge in [0.05, 0.1) is 7.11 Å². The van der Waals surface area contributed by atoms with Crippen LogP contribution in [0.25, 0.3) is 0 Å². The van der Waals surface area contributed by atoms with Crippen molar-refractivity contribution in [1.82, 2.24) is 0 Å². The van der Waals surface area contributed by atoms with Gasteiger partial charge in [0.25, 0.3) is 0 Å². The molecule has 0 saturated carbocycles. The zero-order valence-electron chi connectivity index (χ0n) is 7.95. The molecule has 76 valence electrons. The molecule has 0 aliphatic carbocycles. The summed E-state index contributed by atoms with van der Waals surface area (Å²) in [5, 5.41) is 10.3. The molecule has 3 nitrogen and oxygen atoms in total. The van der Waals surface area contributed by atoms with E-state index in [9.17, 15) is 9.90 Å². The molecule has 1 atom stereocenters. The van der Waals surface area contributed by atoms with Crippen molar-refractivity contribution in [3.8, 4) is 0 Å². The second-order valence-electron chi connectivity index (χ2n) is 3.07. The van der Waals surface area contributed by atoms with E-state index in [1.165, 1.54) is 20.1 Å². The summed E-state index contributed by atoms with van der Waals surface area (Å²) >= 11 is 5.74. The molecule has 0 spiro atoms. The fourth-order valence-corrected chi connectivity index (χ4v) is 1.30. The van der Waals surface area contributed by atoms with E-state index in [4.69, 9.17) is 11.6 Å². The third kappa shape index (κ3) is 2.05. The lowest BCUT2D eigenvalue weighted by molar-refractivity contribution is -0.161. The maximum atomic E-state index is 11.2. The summed E-state index contributed by atoms with van der Waals surface area (Å²) in [5.41, 5.74) is -1.24. The Morgan fingerprint density at radius 2 is 2.21 bits per heavy atom. The lowest BCUT2D eigenvalue weighted by Crippen LogP contribution is -2.33. The maximum absolute atomic E-state index is 11.2. The molecule has 0 bridgehead atoms. The van der Waals surface area contributed by atoms with Gasteiger partial charge in [-0.05, 0) is 24.6 Å². The summed E-state index contributed by atoms with van der Waals surface area (Å²) in [6.45, 7) is 1.37. The first-order valence-corrected chi connectivity index (χ1v) is 4.43. The van der Waals surface area contributed by atoms with Crippen molar-refractivity contribution in [3.63, 3.8) is 0 Å². The van der Waals surface area contributed by atoms with E-state index in [1.807, 2.05) is 0 Å². The van der Waals surface area contributed by atoms with Gasteiger partial charge in [0.1, 0.15) is 0 Å². The number of hydrogen-bond acceptors (Lipinski definition) is 3. The van der Waals surface area contributed by atoms with Crippen LogP contribution in [0, 0.1) is 0 Å². The maximum Gasteiger partial charge on any atom is 0.342 e. The third-order valence-corrected chi connectivity index (χ3v) is 2.20. The smallest absolute Gasteiger partial charge is 0.342 e. The predicted octanol–water partition coefficient (Wildman–Crippen LogP) is 1.72. The van der Waals surface area contributed by atoms with Gasteiger partial charge in [-0.15, -0.1) is 0 Å². The fourth-order valence-electron chi connectivity index (χ4n) is 1.11. The summed E-state index contributed by atoms with van der Waals surface area (Å²) in [6.07, 6.45) is 0. The number of aliphatic hydroxyl groups is 1. The standard InChI is InChI=1S/C10H11ClO3/c1-10(13,9(12)14-2)7-4-3-5-8(11)6-7/h3-6,13H,1-2H3/t10-/m0/s1. The van der Waals surface area contributed by atoms with E-state index >= 15 is 0 Å². The van der Waals surface area contributed by atoms with Crippen LogP contribution in [0.4, 0.5) is 0 Å². The molecule has 0 amide bonds. The van der Waals surface area contributed by atoms with E-state index in [1.54, 1.807) is 18.2 Å². The Bertz CT molecular complexity index is 347. The Labute approximate surface area is 87.3 Å². The Hall–Kier alpha value is -1.06. The first-order valence-electron chi connectivity index (χ1n) is 4.05. The zero-order valence-corrected chi connectivity index (χ0v) is 8.71. The molecule has 0 fully saturated rings. The van der Waals surface area contributed by atoms with Crippen LogP contribution in [-0.4, -0.2) is 18.2 Å². The van der Waals surface area contributed by atoms with Gasteiger partial charge in [-0.3, -0.25) is 0 Å². The Morgan fingerprint density at radius 3 is 2.71 bits per heavy atom. The monoisotopic (exact) mass is 214 g/mol. The highest BCUT2D eigenvalue weighted by molar-refractivity contribution is 6.30. The number of methoxy groups -OCH3 is 1. The molecule has 0 unspecified atom stereocenters. The molecule has 0 aliphatic heterocycles. The SMILES string of the molecule is COC(=O)[C@@](C)(O)c1cccc(Cl)c1. The van der Waals surface area contributed by atoms with Crippen molar-refractivity contribution in [2.45, 2.75) is 12.5 Å². The number of ether oxygens (including phenoxy) is 1. The molecular formula is C10H11ClO3. The first kappa shape index (κ1) is 11.0. The average Bonchev–Trinajstić information content (AvgIpc) is 2.16. The van der Waals surface area contributed by atoms with Crippen molar-refractivity contribution in [1.29, 1.82) is 0 Å². The minimum atomic E-state index is -1.65. The number of halogens is 1. The van der Waals surface area contributed by atoms with E-state index in [2.05, 4.69) is 4.74 Å². The van der Waals surface area contributed by atoms with Crippen LogP contribution in [-0.2, 0) is 15.1 Å². The molecule has 1 aromatic rings. The van der Waals surface area contributed by atoms with Crippen molar-refractivity contribution in [2.24, 2.45) is 0 Å². The van der Waals surface area contributed by atoms with Crippen LogP contribution in [0.1, 0.15) is 12.5 Å². The number of rotatable bonds is 2. The Kier molecular flexibility index (Phi) is 3.13. The minimum Gasteiger partial charge on any atom is -0.467 e. The highest BCUT2D eigenvalue weighted by Gasteiger charge is 2.33. The lowest BCUT2D eigenvalue weighted by atomic mass is 9.96. The molecule has 14 heavy (non-hydrogen) atoms. The van der Waals surface area contributed by atoms with Gasteiger partial charge in [-0.1, -0.05) is 23.7 Å². The Morgan fingerprint density at radius 1 is 1.57 bits per heavy atom. The van der Waals surface area contributed by atoms with Gasteiger partial charge >= 0.3 is 5.97 Å². The summed E-state index contributed by atoms with van der Waals surface area (Å²) < 4.78 is 4.48. The van der Waals surface area contributed by atoms with E-state index in [-0.39, 0.29) is 0 Å². The van der Waals surface area contributed by atoms with Crippen LogP contribution in [0.3, 0.4) is 0 Å². The first-order chi connectivity index (χ1) is 6.48. The highest BCUT2D eigenvalue weighted by Crippen LogP contribution is 2.24. The van der Waals surface area contributed by atoms with Gasteiger partial charge in [0.15, 0.2) is 5.60 Å². The van der Waals surface area contributed by atoms with Crippen molar-refractivity contribution in [2.75, 3.05) is 7.11 Å². The molecule has 1 rings (SSSR count). The lowest BCUT2D eigenvalue weighted by Gasteiger charge is -2.20. The van der Waals surface area contributed by atoms with Gasteiger partial charge in [-0.2, -0.15) is 0 Å². The normalized spacial score (nSPS) is 14.6. The largest absolute Gasteiger partial charge is 0.467 e. The van der Waals surface area contributed by atoms with Gasteiger partial charge < -0.3 is 9.84 Å². The molecule has 0 heterocycles. The number of benzene rings is 1. The van der Waals surface area contributed by atoms with Crippen molar-refractivity contribution in [3.05, 3.63) is 34.9 Å². The van der Waals surface area contributed by atoms with Crippen LogP contribution < -0.4 is 0 Å². The summed E-state index contributed by atoms with van der Waals surface area (Å²) in [4.78, 5) is 11.2. The summed E-state index contributed by atoms with van der Waals surface area (Å²) in [5.74, 6) is -0.709. The topological polar surface area (TPSA) is 46.5 Å². The van der Waals surface area contributed by atoms with Crippen molar-refractivity contribution >= 4 is 17.6 Å². The molecular weight excluding hydrogens is 204 g/mol. The molecule has 0 saturated heterocycles. The molecule has 0 radical (unpaired) electrons. The van der Waals surface area contributed by atoms with Crippen LogP contribution in [0.5, 0.6) is 0 Å². The van der Waals surface area contributed by atoms with Crippen LogP contribution >= 0.6 is 11.6 Å². The number of carbonyl (C=O) groups excluding carboxylic acids is 1. The number of hydrogen-bond donors (Lipinski definition) is 1. The molecule has 0 aromatic heterocycles. The number of esters is 1. The van der Waals surface area contributed by atoms with Crippen LogP contribution in [0.2, 0.25) is 5.02 Å². The quantitative estimate of drug-likeness (QED) is 0.763. The van der Waals surface area contributed by atoms with Gasteiger partial charge in [0, 0.05) is 5.02 Å². The molecule has 0 aliphatic rings. The van der Waals surface area contributed by atoms with E-state index < -0.39 is 11.6 Å². The predicted molar refractivity (Wildman–Crippen MR) is 53.0 cm³/mol. The van der Waals surface area contributed by atoms with Gasteiger partial charge in [0.2, 0.25) is 0 Å². The molecule has 4 heteroatoms. The van der Waals surface area contributed by atoms with Crippen LogP contribution in [0.15, 0.2) is 24.3 Å². The fraction of sp³-hybridized carbons (Fsp3) is 0.300. The summed E-state index contributed by atoms with van der Waals surface area (Å²) in [6, 6.07) is 6.47. The van der Waals surface area contributed by atoms with E-state index in [0.717, 1.165) is 0 Å². The second kappa shape index (κ2) is 3.98. The molecule has 1 aromatic carbocycles. The van der Waals surface area contributed by atoms with Gasteiger partial charge in [-0.25, -0.2) is 4.79 Å². The third-order valence-electron chi connectivity index (χ3n) is 1.97. The zero-order chi connectivity index (χ0) is 10.8. The average molecular weight is 215 g/mol. The second-order valence-corrected chi connectivity index (χ2v) is 3.51.